The molecule has 1 N–H and O–H groups in total. The van der Waals surface area contributed by atoms with E-state index in [1.165, 1.54) is 63.5 Å². The van der Waals surface area contributed by atoms with E-state index >= 15 is 0 Å². The predicted molar refractivity (Wildman–Crippen MR) is 148 cm³/mol. The van der Waals surface area contributed by atoms with Crippen LogP contribution in [0.4, 0.5) is 0 Å². The molecule has 0 unspecified atom stereocenters. The molecule has 0 fully saturated rings. The summed E-state index contributed by atoms with van der Waals surface area (Å²) in [6.07, 6.45) is 17.0. The third-order valence-corrected chi connectivity index (χ3v) is 6.53. The minimum absolute atomic E-state index is 0. The number of carbonyl (C=O) groups is 1. The van der Waals surface area contributed by atoms with E-state index < -0.39 is 0 Å². The van der Waals surface area contributed by atoms with Crippen LogP contribution in [0.25, 0.3) is 0 Å². The van der Waals surface area contributed by atoms with Crippen molar-refractivity contribution < 1.29 is 42.8 Å². The standard InChI is InChI=1S/C30H45ClN2O3.HI/c1-3-5-6-7-8-9-10-11-12-15-23-35-27-17-18-29(28(31)24-27)36-25-30(34)32-20-19-26-16-13-14-22-33(26)21-4-2;/h13-14,16-18,22,24H,3-12,15,19-21,23,25H2,1-2H3;1H. The molecule has 0 aliphatic rings. The van der Waals surface area contributed by atoms with Gasteiger partial charge in [-0.2, -0.15) is 0 Å². The maximum absolute atomic E-state index is 12.2. The third kappa shape index (κ3) is 14.8. The molecule has 37 heavy (non-hydrogen) atoms. The van der Waals surface area contributed by atoms with E-state index in [1.54, 1.807) is 12.1 Å². The Hall–Kier alpha value is -1.54. The largest absolute Gasteiger partial charge is 1.00 e. The van der Waals surface area contributed by atoms with Crippen LogP contribution in [-0.2, 0) is 17.8 Å². The van der Waals surface area contributed by atoms with Crippen molar-refractivity contribution in [2.45, 2.75) is 97.4 Å². The number of halogens is 2. The molecule has 1 amide bonds. The van der Waals surface area contributed by atoms with Gasteiger partial charge in [-0.05, 0) is 18.6 Å². The number of amides is 1. The van der Waals surface area contributed by atoms with Crippen molar-refractivity contribution in [3.63, 3.8) is 0 Å². The van der Waals surface area contributed by atoms with Gasteiger partial charge in [0.05, 0.1) is 11.6 Å². The lowest BCUT2D eigenvalue weighted by Crippen LogP contribution is -3.00. The quantitative estimate of drug-likeness (QED) is 0.134. The molecule has 0 saturated heterocycles. The fourth-order valence-electron chi connectivity index (χ4n) is 4.19. The van der Waals surface area contributed by atoms with E-state index in [2.05, 4.69) is 36.0 Å². The first-order chi connectivity index (χ1) is 17.6. The van der Waals surface area contributed by atoms with Gasteiger partial charge in [0.2, 0.25) is 0 Å². The number of aromatic nitrogens is 1. The summed E-state index contributed by atoms with van der Waals surface area (Å²) in [4.78, 5) is 12.2. The van der Waals surface area contributed by atoms with E-state index in [0.29, 0.717) is 23.9 Å². The van der Waals surface area contributed by atoms with Crippen molar-refractivity contribution in [1.82, 2.24) is 5.32 Å². The lowest BCUT2D eigenvalue weighted by molar-refractivity contribution is -0.704. The SMILES string of the molecule is CCCCCCCCCCCCOc1ccc(OCC(=O)NCCc2cccc[n+]2CCC)c(Cl)c1.[I-]. The Labute approximate surface area is 246 Å². The monoisotopic (exact) mass is 644 g/mol. The van der Waals surface area contributed by atoms with Crippen LogP contribution in [0, 0.1) is 0 Å². The summed E-state index contributed by atoms with van der Waals surface area (Å²) in [5.41, 5.74) is 1.21. The molecule has 0 spiro atoms. The molecule has 0 saturated carbocycles. The van der Waals surface area contributed by atoms with Gasteiger partial charge in [0.15, 0.2) is 18.5 Å². The van der Waals surface area contributed by atoms with Crippen LogP contribution in [0.1, 0.15) is 90.2 Å². The normalized spacial score (nSPS) is 10.6. The number of hydrogen-bond donors (Lipinski definition) is 1. The third-order valence-electron chi connectivity index (χ3n) is 6.23. The van der Waals surface area contributed by atoms with Crippen LogP contribution >= 0.6 is 11.6 Å². The minimum atomic E-state index is -0.162. The van der Waals surface area contributed by atoms with Gasteiger partial charge in [-0.1, -0.05) is 89.3 Å². The molecule has 2 rings (SSSR count). The van der Waals surface area contributed by atoms with E-state index in [1.807, 2.05) is 18.2 Å². The summed E-state index contributed by atoms with van der Waals surface area (Å²) in [6.45, 7) is 6.58. The van der Waals surface area contributed by atoms with E-state index in [9.17, 15) is 4.79 Å². The molecule has 1 heterocycles. The number of benzene rings is 1. The molecule has 1 aromatic heterocycles. The Morgan fingerprint density at radius 2 is 1.59 bits per heavy atom. The fraction of sp³-hybridized carbons (Fsp3) is 0.600. The van der Waals surface area contributed by atoms with Gasteiger partial charge in [0.25, 0.3) is 5.91 Å². The molecule has 1 aromatic carbocycles. The first-order valence-corrected chi connectivity index (χ1v) is 14.3. The van der Waals surface area contributed by atoms with E-state index in [-0.39, 0.29) is 36.5 Å². The summed E-state index contributed by atoms with van der Waals surface area (Å²) >= 11 is 6.35. The number of hydrogen-bond acceptors (Lipinski definition) is 3. The number of nitrogens with one attached hydrogen (secondary N) is 1. The maximum Gasteiger partial charge on any atom is 0.257 e. The molecule has 0 aliphatic heterocycles. The first-order valence-electron chi connectivity index (χ1n) is 13.9. The Kier molecular flexibility index (Phi) is 19.4. The van der Waals surface area contributed by atoms with Crippen LogP contribution in [0.15, 0.2) is 42.6 Å². The van der Waals surface area contributed by atoms with E-state index in [4.69, 9.17) is 21.1 Å². The summed E-state index contributed by atoms with van der Waals surface area (Å²) in [5, 5.41) is 3.37. The lowest BCUT2D eigenvalue weighted by atomic mass is 10.1. The zero-order chi connectivity index (χ0) is 25.8. The summed E-state index contributed by atoms with van der Waals surface area (Å²) in [6, 6.07) is 11.5. The molecule has 7 heteroatoms. The summed E-state index contributed by atoms with van der Waals surface area (Å²) < 4.78 is 13.7. The highest BCUT2D eigenvalue weighted by Gasteiger charge is 2.11. The van der Waals surface area contributed by atoms with Crippen molar-refractivity contribution in [2.75, 3.05) is 19.8 Å². The zero-order valence-corrected chi connectivity index (χ0v) is 25.7. The van der Waals surface area contributed by atoms with Crippen LogP contribution in [-0.4, -0.2) is 25.7 Å². The van der Waals surface area contributed by atoms with Crippen molar-refractivity contribution in [1.29, 1.82) is 0 Å². The number of pyridine rings is 1. The molecular weight excluding hydrogens is 599 g/mol. The Morgan fingerprint density at radius 1 is 0.892 bits per heavy atom. The van der Waals surface area contributed by atoms with Gasteiger partial charge in [-0.25, -0.2) is 4.57 Å². The number of carbonyl (C=O) groups excluding carboxylic acids is 1. The Morgan fingerprint density at radius 3 is 2.27 bits per heavy atom. The van der Waals surface area contributed by atoms with Crippen LogP contribution in [0.3, 0.4) is 0 Å². The highest BCUT2D eigenvalue weighted by Crippen LogP contribution is 2.29. The average molecular weight is 645 g/mol. The van der Waals surface area contributed by atoms with Gasteiger partial charge in [-0.15, -0.1) is 0 Å². The highest BCUT2D eigenvalue weighted by molar-refractivity contribution is 6.32. The van der Waals surface area contributed by atoms with Gasteiger partial charge in [-0.3, -0.25) is 4.79 Å². The van der Waals surface area contributed by atoms with Gasteiger partial charge in [0.1, 0.15) is 18.0 Å². The molecule has 0 atom stereocenters. The first kappa shape index (κ1) is 33.5. The lowest BCUT2D eigenvalue weighted by Gasteiger charge is -2.11. The number of unbranched alkanes of at least 4 members (excludes halogenated alkanes) is 9. The highest BCUT2D eigenvalue weighted by atomic mass is 127. The number of nitrogens with zero attached hydrogens (tertiary/aromatic N) is 1. The van der Waals surface area contributed by atoms with Crippen molar-refractivity contribution in [3.8, 4) is 11.5 Å². The average Bonchev–Trinajstić information content (AvgIpc) is 2.88. The molecule has 208 valence electrons. The fourth-order valence-corrected chi connectivity index (χ4v) is 4.42. The van der Waals surface area contributed by atoms with Crippen LogP contribution in [0.2, 0.25) is 5.02 Å². The predicted octanol–water partition coefficient (Wildman–Crippen LogP) is 4.08. The smallest absolute Gasteiger partial charge is 0.257 e. The summed E-state index contributed by atoms with van der Waals surface area (Å²) in [5.74, 6) is 1.06. The van der Waals surface area contributed by atoms with Gasteiger partial charge in [0, 0.05) is 37.6 Å². The van der Waals surface area contributed by atoms with Crippen LogP contribution < -0.4 is 43.3 Å². The number of rotatable bonds is 20. The maximum atomic E-state index is 12.2. The number of ether oxygens (including phenoxy) is 2. The topological polar surface area (TPSA) is 51.4 Å². The molecule has 2 aromatic rings. The molecule has 5 nitrogen and oxygen atoms in total. The van der Waals surface area contributed by atoms with E-state index in [0.717, 1.165) is 31.6 Å². The second-order valence-electron chi connectivity index (χ2n) is 9.40. The molecule has 0 aliphatic carbocycles. The second-order valence-corrected chi connectivity index (χ2v) is 9.80. The zero-order valence-electron chi connectivity index (χ0n) is 22.8. The molecule has 0 radical (unpaired) electrons. The van der Waals surface area contributed by atoms with Crippen molar-refractivity contribution in [3.05, 3.63) is 53.3 Å². The molecule has 0 bridgehead atoms. The molecular formula is C30H46ClIN2O3. The minimum Gasteiger partial charge on any atom is -1.00 e. The number of aryl methyl sites for hydroxylation is 1. The van der Waals surface area contributed by atoms with Crippen molar-refractivity contribution in [2.24, 2.45) is 0 Å². The Balaban J connectivity index is 0.00000684. The van der Waals surface area contributed by atoms with Gasteiger partial charge >= 0.3 is 0 Å². The van der Waals surface area contributed by atoms with Gasteiger partial charge < -0.3 is 38.8 Å². The van der Waals surface area contributed by atoms with Crippen LogP contribution in [0.5, 0.6) is 11.5 Å². The Bertz CT molecular complexity index is 882. The second kappa shape index (κ2) is 21.4. The summed E-state index contributed by atoms with van der Waals surface area (Å²) in [7, 11) is 0. The van der Waals surface area contributed by atoms with Crippen molar-refractivity contribution >= 4 is 17.5 Å².